The van der Waals surface area contributed by atoms with Gasteiger partial charge in [0.15, 0.2) is 0 Å². The molecule has 0 radical (unpaired) electrons. The van der Waals surface area contributed by atoms with E-state index in [0.29, 0.717) is 5.95 Å². The molecule has 0 aliphatic rings. The first kappa shape index (κ1) is 17.6. The van der Waals surface area contributed by atoms with Gasteiger partial charge in [-0.1, -0.05) is 18.5 Å². The van der Waals surface area contributed by atoms with Crippen LogP contribution in [0, 0.1) is 0 Å². The summed E-state index contributed by atoms with van der Waals surface area (Å²) < 4.78 is 1.76. The maximum atomic E-state index is 4.20. The van der Waals surface area contributed by atoms with Gasteiger partial charge in [0, 0.05) is 28.7 Å². The molecule has 0 atom stereocenters. The first-order chi connectivity index (χ1) is 12.7. The van der Waals surface area contributed by atoms with Crippen molar-refractivity contribution in [3.63, 3.8) is 0 Å². The Balaban J connectivity index is 1.57. The molecule has 3 N–H and O–H groups in total. The summed E-state index contributed by atoms with van der Waals surface area (Å²) in [5.41, 5.74) is 3.97. The molecule has 26 heavy (non-hydrogen) atoms. The second-order valence-corrected chi connectivity index (χ2v) is 6.02. The third kappa shape index (κ3) is 4.89. The lowest BCUT2D eigenvalue weighted by molar-refractivity contribution is -0.658. The molecular formula is C19H24N7+. The van der Waals surface area contributed by atoms with Crippen LogP contribution in [0.25, 0.3) is 0 Å². The third-order valence-electron chi connectivity index (χ3n) is 3.89. The average molecular weight is 350 g/mol. The average Bonchev–Trinajstić information content (AvgIpc) is 3.08. The molecule has 0 amide bonds. The number of rotatable bonds is 8. The standard InChI is InChI=1S/C19H23N7/c1-3-4-13-20-15-5-7-16(8-6-15)22-17-9-11-18(12-10-17)23-25-19-24-21-14-26(19)2/h5-12,14H,3-4,13H2,1-2H3,(H2,20,22,23,24,25)/p+1. The Morgan fingerprint density at radius 2 is 1.62 bits per heavy atom. The second kappa shape index (κ2) is 8.75. The Kier molecular flexibility index (Phi) is 5.92. The van der Waals surface area contributed by atoms with Crippen molar-refractivity contribution in [2.45, 2.75) is 19.8 Å². The van der Waals surface area contributed by atoms with Crippen LogP contribution in [0.1, 0.15) is 19.8 Å². The van der Waals surface area contributed by atoms with E-state index in [4.69, 9.17) is 0 Å². The van der Waals surface area contributed by atoms with E-state index in [1.54, 1.807) is 10.9 Å². The fourth-order valence-electron chi connectivity index (χ4n) is 2.36. The van der Waals surface area contributed by atoms with Crippen molar-refractivity contribution in [3.8, 4) is 0 Å². The van der Waals surface area contributed by atoms with Gasteiger partial charge in [-0.2, -0.15) is 0 Å². The summed E-state index contributed by atoms with van der Waals surface area (Å²) in [6.45, 7) is 3.20. The number of H-pyrrole nitrogens is 1. The van der Waals surface area contributed by atoms with Crippen molar-refractivity contribution in [1.82, 2.24) is 10.2 Å². The van der Waals surface area contributed by atoms with Gasteiger partial charge in [-0.15, -0.1) is 5.10 Å². The number of anilines is 3. The summed E-state index contributed by atoms with van der Waals surface area (Å²) in [4.78, 5) is 0. The Bertz CT molecular complexity index is 835. The second-order valence-electron chi connectivity index (χ2n) is 6.02. The van der Waals surface area contributed by atoms with E-state index in [9.17, 15) is 0 Å². The molecule has 0 fully saturated rings. The number of hydrogen-bond acceptors (Lipinski definition) is 5. The number of nitrogens with one attached hydrogen (secondary N) is 3. The van der Waals surface area contributed by atoms with Crippen molar-refractivity contribution in [2.75, 3.05) is 17.2 Å². The highest BCUT2D eigenvalue weighted by Crippen LogP contribution is 2.22. The monoisotopic (exact) mass is 350 g/mol. The minimum Gasteiger partial charge on any atom is -0.385 e. The summed E-state index contributed by atoms with van der Waals surface area (Å²) in [5, 5.41) is 21.8. The maximum Gasteiger partial charge on any atom is 0.401 e. The summed E-state index contributed by atoms with van der Waals surface area (Å²) in [5.74, 6) is 0.597. The van der Waals surface area contributed by atoms with E-state index in [0.717, 1.165) is 29.3 Å². The molecule has 1 aromatic heterocycles. The minimum absolute atomic E-state index is 0.597. The zero-order valence-electron chi connectivity index (χ0n) is 15.1. The number of unbranched alkanes of at least 4 members (excludes halogenated alkanes) is 1. The van der Waals surface area contributed by atoms with E-state index in [1.165, 1.54) is 12.8 Å². The van der Waals surface area contributed by atoms with Crippen LogP contribution in [-0.2, 0) is 7.05 Å². The third-order valence-corrected chi connectivity index (χ3v) is 3.89. The Morgan fingerprint density at radius 1 is 0.962 bits per heavy atom. The maximum absolute atomic E-state index is 4.20. The molecule has 7 heteroatoms. The Hall–Kier alpha value is -3.22. The van der Waals surface area contributed by atoms with Gasteiger partial charge in [-0.3, -0.25) is 0 Å². The van der Waals surface area contributed by atoms with Crippen LogP contribution in [0.5, 0.6) is 0 Å². The number of aromatic nitrogens is 3. The molecule has 0 saturated heterocycles. The summed E-state index contributed by atoms with van der Waals surface area (Å²) in [7, 11) is 1.86. The molecule has 2 aromatic carbocycles. The highest BCUT2D eigenvalue weighted by atomic mass is 15.3. The van der Waals surface area contributed by atoms with Gasteiger partial charge in [0.25, 0.3) is 0 Å². The quantitative estimate of drug-likeness (QED) is 0.315. The smallest absolute Gasteiger partial charge is 0.385 e. The molecular weight excluding hydrogens is 326 g/mol. The predicted octanol–water partition coefficient (Wildman–Crippen LogP) is 4.61. The topological polar surface area (TPSA) is 81.3 Å². The van der Waals surface area contributed by atoms with Gasteiger partial charge in [0.2, 0.25) is 6.33 Å². The number of aromatic amines is 1. The molecule has 0 saturated carbocycles. The summed E-state index contributed by atoms with van der Waals surface area (Å²) in [6, 6.07) is 16.1. The lowest BCUT2D eigenvalue weighted by Gasteiger charge is -2.09. The van der Waals surface area contributed by atoms with E-state index in [2.05, 4.69) is 62.2 Å². The number of nitrogens with zero attached hydrogens (tertiary/aromatic N) is 4. The molecule has 0 unspecified atom stereocenters. The van der Waals surface area contributed by atoms with E-state index < -0.39 is 0 Å². The molecule has 0 bridgehead atoms. The minimum atomic E-state index is 0.597. The predicted molar refractivity (Wildman–Crippen MR) is 104 cm³/mol. The number of aryl methyl sites for hydroxylation is 1. The zero-order chi connectivity index (χ0) is 18.2. The van der Waals surface area contributed by atoms with Gasteiger partial charge in [0.05, 0.1) is 12.7 Å². The fraction of sp³-hybridized carbons (Fsp3) is 0.263. The lowest BCUT2D eigenvalue weighted by Crippen LogP contribution is -2.24. The number of benzene rings is 2. The van der Waals surface area contributed by atoms with E-state index in [-0.39, 0.29) is 0 Å². The SMILES string of the molecule is CCCCNc1ccc(Nc2ccc(N=Nc3[nH]nc[n+]3C)cc2)cc1. The first-order valence-corrected chi connectivity index (χ1v) is 8.76. The van der Waals surface area contributed by atoms with Crippen molar-refractivity contribution < 1.29 is 4.57 Å². The summed E-state index contributed by atoms with van der Waals surface area (Å²) >= 11 is 0. The fourth-order valence-corrected chi connectivity index (χ4v) is 2.36. The highest BCUT2D eigenvalue weighted by molar-refractivity contribution is 5.63. The molecule has 0 aliphatic heterocycles. The van der Waals surface area contributed by atoms with Crippen molar-refractivity contribution in [3.05, 3.63) is 54.9 Å². The molecule has 3 aromatic rings. The van der Waals surface area contributed by atoms with Crippen molar-refractivity contribution in [2.24, 2.45) is 17.3 Å². The van der Waals surface area contributed by atoms with Crippen LogP contribution in [0.2, 0.25) is 0 Å². The normalized spacial score (nSPS) is 11.0. The van der Waals surface area contributed by atoms with E-state index in [1.807, 2.05) is 31.3 Å². The van der Waals surface area contributed by atoms with Crippen LogP contribution < -0.4 is 15.2 Å². The van der Waals surface area contributed by atoms with Gasteiger partial charge >= 0.3 is 5.95 Å². The molecule has 3 rings (SSSR count). The Labute approximate surface area is 153 Å². The largest absolute Gasteiger partial charge is 0.401 e. The van der Waals surface area contributed by atoms with Crippen LogP contribution >= 0.6 is 0 Å². The zero-order valence-corrected chi connectivity index (χ0v) is 15.1. The van der Waals surface area contributed by atoms with Crippen molar-refractivity contribution in [1.29, 1.82) is 0 Å². The molecule has 1 heterocycles. The molecule has 0 aliphatic carbocycles. The van der Waals surface area contributed by atoms with Gasteiger partial charge in [-0.05, 0) is 60.1 Å². The van der Waals surface area contributed by atoms with Crippen LogP contribution in [0.4, 0.5) is 28.7 Å². The van der Waals surface area contributed by atoms with Gasteiger partial charge in [-0.25, -0.2) is 4.57 Å². The molecule has 134 valence electrons. The highest BCUT2D eigenvalue weighted by Gasteiger charge is 2.05. The van der Waals surface area contributed by atoms with Crippen LogP contribution in [0.15, 0.2) is 65.1 Å². The molecule has 0 spiro atoms. The number of hydrogen-bond donors (Lipinski definition) is 3. The van der Waals surface area contributed by atoms with Crippen LogP contribution in [-0.4, -0.2) is 16.7 Å². The Morgan fingerprint density at radius 3 is 2.23 bits per heavy atom. The van der Waals surface area contributed by atoms with Crippen molar-refractivity contribution >= 4 is 28.7 Å². The number of azo groups is 1. The van der Waals surface area contributed by atoms with E-state index >= 15 is 0 Å². The van der Waals surface area contributed by atoms with Crippen LogP contribution in [0.3, 0.4) is 0 Å². The van der Waals surface area contributed by atoms with Gasteiger partial charge in [0.1, 0.15) is 0 Å². The van der Waals surface area contributed by atoms with Gasteiger partial charge < -0.3 is 10.6 Å². The lowest BCUT2D eigenvalue weighted by atomic mass is 10.2. The first-order valence-electron chi connectivity index (χ1n) is 8.76. The molecule has 7 nitrogen and oxygen atoms in total. The summed E-state index contributed by atoms with van der Waals surface area (Å²) in [6.07, 6.45) is 4.02.